The third kappa shape index (κ3) is 4.63. The molecule has 0 bridgehead atoms. The van der Waals surface area contributed by atoms with E-state index in [2.05, 4.69) is 60.2 Å². The molecule has 0 aromatic rings. The SMILES string of the molecule is C#CC(C)(C)[C@H](CCC=C)O[Si](C)(C)C(C)(C)C. The van der Waals surface area contributed by atoms with Crippen molar-refractivity contribution in [3.05, 3.63) is 12.7 Å². The lowest BCUT2D eigenvalue weighted by atomic mass is 9.85. The van der Waals surface area contributed by atoms with Crippen molar-refractivity contribution < 1.29 is 4.43 Å². The van der Waals surface area contributed by atoms with Gasteiger partial charge >= 0.3 is 0 Å². The number of hydrogen-bond acceptors (Lipinski definition) is 1. The van der Waals surface area contributed by atoms with Gasteiger partial charge in [-0.25, -0.2) is 0 Å². The average Bonchev–Trinajstić information content (AvgIpc) is 2.22. The number of hydrogen-bond donors (Lipinski definition) is 0. The molecule has 0 unspecified atom stereocenters. The van der Waals surface area contributed by atoms with Crippen LogP contribution in [-0.2, 0) is 4.43 Å². The van der Waals surface area contributed by atoms with E-state index in [0.717, 1.165) is 12.8 Å². The van der Waals surface area contributed by atoms with Gasteiger partial charge in [0.2, 0.25) is 0 Å². The molecule has 0 saturated carbocycles. The average molecular weight is 267 g/mol. The molecule has 0 aliphatic rings. The minimum Gasteiger partial charge on any atom is -0.412 e. The van der Waals surface area contributed by atoms with Crippen molar-refractivity contribution >= 4 is 8.32 Å². The first-order chi connectivity index (χ1) is 7.98. The molecule has 0 saturated heterocycles. The zero-order chi connectivity index (χ0) is 14.6. The van der Waals surface area contributed by atoms with Crippen molar-refractivity contribution in [2.24, 2.45) is 5.41 Å². The third-order valence-electron chi connectivity index (χ3n) is 4.05. The molecular formula is C16H30OSi. The molecule has 2 heteroatoms. The first-order valence-corrected chi connectivity index (χ1v) is 9.65. The number of terminal acetylenes is 1. The van der Waals surface area contributed by atoms with Crippen LogP contribution in [0.25, 0.3) is 0 Å². The fraction of sp³-hybridized carbons (Fsp3) is 0.750. The summed E-state index contributed by atoms with van der Waals surface area (Å²) < 4.78 is 6.51. The smallest absolute Gasteiger partial charge is 0.192 e. The molecule has 1 atom stereocenters. The molecule has 0 heterocycles. The highest BCUT2D eigenvalue weighted by Crippen LogP contribution is 2.40. The molecule has 18 heavy (non-hydrogen) atoms. The van der Waals surface area contributed by atoms with Crippen LogP contribution >= 0.6 is 0 Å². The maximum Gasteiger partial charge on any atom is 0.192 e. The standard InChI is InChI=1S/C16H30OSi/c1-10-12-13-14(16(6,7)11-2)17-18(8,9)15(3,4)5/h2,10,14H,1,12-13H2,3-9H3/t14-/m0/s1. The van der Waals surface area contributed by atoms with E-state index in [1.807, 2.05) is 6.08 Å². The van der Waals surface area contributed by atoms with E-state index < -0.39 is 8.32 Å². The van der Waals surface area contributed by atoms with Crippen LogP contribution in [0, 0.1) is 17.8 Å². The van der Waals surface area contributed by atoms with Crippen molar-refractivity contribution in [3.8, 4) is 12.3 Å². The fourth-order valence-electron chi connectivity index (χ4n) is 1.46. The van der Waals surface area contributed by atoms with Gasteiger partial charge in [-0.2, -0.15) is 0 Å². The first kappa shape index (κ1) is 17.5. The van der Waals surface area contributed by atoms with E-state index >= 15 is 0 Å². The van der Waals surface area contributed by atoms with Gasteiger partial charge in [-0.1, -0.05) is 32.8 Å². The van der Waals surface area contributed by atoms with Crippen LogP contribution in [0.5, 0.6) is 0 Å². The second kappa shape index (κ2) is 6.08. The zero-order valence-corrected chi connectivity index (χ0v) is 14.3. The molecule has 0 N–H and O–H groups in total. The highest BCUT2D eigenvalue weighted by Gasteiger charge is 2.42. The van der Waals surface area contributed by atoms with Crippen LogP contribution in [0.2, 0.25) is 18.1 Å². The third-order valence-corrected chi connectivity index (χ3v) is 8.54. The summed E-state index contributed by atoms with van der Waals surface area (Å²) in [5, 5.41) is 0.212. The number of allylic oxidation sites excluding steroid dienone is 1. The van der Waals surface area contributed by atoms with Gasteiger partial charge in [0.05, 0.1) is 11.5 Å². The predicted octanol–water partition coefficient (Wildman–Crippen LogP) is 5.00. The molecule has 1 nitrogen and oxygen atoms in total. The lowest BCUT2D eigenvalue weighted by molar-refractivity contribution is 0.0902. The maximum atomic E-state index is 6.51. The molecule has 0 spiro atoms. The molecule has 0 radical (unpaired) electrons. The van der Waals surface area contributed by atoms with Gasteiger partial charge in [-0.05, 0) is 44.8 Å². The molecule has 0 aromatic carbocycles. The van der Waals surface area contributed by atoms with E-state index in [1.165, 1.54) is 0 Å². The van der Waals surface area contributed by atoms with E-state index in [9.17, 15) is 0 Å². The van der Waals surface area contributed by atoms with E-state index in [4.69, 9.17) is 10.8 Å². The Kier molecular flexibility index (Phi) is 5.90. The minimum absolute atomic E-state index is 0.112. The summed E-state index contributed by atoms with van der Waals surface area (Å²) in [6.45, 7) is 19.3. The fourth-order valence-corrected chi connectivity index (χ4v) is 2.94. The molecular weight excluding hydrogens is 236 g/mol. The molecule has 0 fully saturated rings. The maximum absolute atomic E-state index is 6.51. The normalized spacial score (nSPS) is 15.0. The Bertz CT molecular complexity index is 315. The van der Waals surface area contributed by atoms with Gasteiger partial charge in [-0.15, -0.1) is 13.0 Å². The Balaban J connectivity index is 5.03. The Morgan fingerprint density at radius 2 is 1.78 bits per heavy atom. The second-order valence-electron chi connectivity index (χ2n) is 7.10. The summed E-state index contributed by atoms with van der Waals surface area (Å²) in [6, 6.07) is 0. The number of rotatable bonds is 6. The van der Waals surface area contributed by atoms with Crippen molar-refractivity contribution in [2.45, 2.75) is 71.7 Å². The second-order valence-corrected chi connectivity index (χ2v) is 11.9. The minimum atomic E-state index is -1.77. The van der Waals surface area contributed by atoms with Gasteiger partial charge in [0.15, 0.2) is 8.32 Å². The van der Waals surface area contributed by atoms with Gasteiger partial charge in [0.25, 0.3) is 0 Å². The first-order valence-electron chi connectivity index (χ1n) is 6.74. The van der Waals surface area contributed by atoms with Crippen LogP contribution in [0.1, 0.15) is 47.5 Å². The van der Waals surface area contributed by atoms with Crippen LogP contribution in [0.15, 0.2) is 12.7 Å². The van der Waals surface area contributed by atoms with E-state index in [1.54, 1.807) is 0 Å². The topological polar surface area (TPSA) is 9.23 Å². The summed E-state index contributed by atoms with van der Waals surface area (Å²) in [5.74, 6) is 2.89. The lowest BCUT2D eigenvalue weighted by Crippen LogP contribution is -2.47. The quantitative estimate of drug-likeness (QED) is 0.373. The largest absolute Gasteiger partial charge is 0.412 e. The van der Waals surface area contributed by atoms with E-state index in [-0.39, 0.29) is 16.6 Å². The molecule has 104 valence electrons. The van der Waals surface area contributed by atoms with Crippen LogP contribution in [-0.4, -0.2) is 14.4 Å². The summed E-state index contributed by atoms with van der Waals surface area (Å²) >= 11 is 0. The van der Waals surface area contributed by atoms with Crippen molar-refractivity contribution in [1.82, 2.24) is 0 Å². The highest BCUT2D eigenvalue weighted by atomic mass is 28.4. The zero-order valence-electron chi connectivity index (χ0n) is 13.3. The van der Waals surface area contributed by atoms with Gasteiger partial charge in [0, 0.05) is 0 Å². The molecule has 0 rings (SSSR count). The summed E-state index contributed by atoms with van der Waals surface area (Å²) in [7, 11) is -1.77. The molecule has 0 aliphatic heterocycles. The Morgan fingerprint density at radius 1 is 1.28 bits per heavy atom. The lowest BCUT2D eigenvalue weighted by Gasteiger charge is -2.42. The van der Waals surface area contributed by atoms with Gasteiger partial charge < -0.3 is 4.43 Å². The Morgan fingerprint density at radius 3 is 2.11 bits per heavy atom. The summed E-state index contributed by atoms with van der Waals surface area (Å²) in [5.41, 5.74) is -0.224. The Labute approximate surface area is 115 Å². The molecule has 0 aromatic heterocycles. The Hall–Kier alpha value is -0.523. The molecule has 0 aliphatic carbocycles. The predicted molar refractivity (Wildman–Crippen MR) is 84.1 cm³/mol. The van der Waals surface area contributed by atoms with Crippen LogP contribution in [0.4, 0.5) is 0 Å². The summed E-state index contributed by atoms with van der Waals surface area (Å²) in [6.07, 6.45) is 9.62. The van der Waals surface area contributed by atoms with Gasteiger partial charge in [0.1, 0.15) is 0 Å². The highest BCUT2D eigenvalue weighted by molar-refractivity contribution is 6.74. The van der Waals surface area contributed by atoms with Crippen LogP contribution in [0.3, 0.4) is 0 Å². The van der Waals surface area contributed by atoms with Gasteiger partial charge in [-0.3, -0.25) is 0 Å². The van der Waals surface area contributed by atoms with Crippen molar-refractivity contribution in [2.75, 3.05) is 0 Å². The summed E-state index contributed by atoms with van der Waals surface area (Å²) in [4.78, 5) is 0. The van der Waals surface area contributed by atoms with E-state index in [0.29, 0.717) is 0 Å². The van der Waals surface area contributed by atoms with Crippen LogP contribution < -0.4 is 0 Å². The van der Waals surface area contributed by atoms with Crippen molar-refractivity contribution in [3.63, 3.8) is 0 Å². The molecule has 0 amide bonds. The van der Waals surface area contributed by atoms with Crippen molar-refractivity contribution in [1.29, 1.82) is 0 Å². The monoisotopic (exact) mass is 266 g/mol.